The van der Waals surface area contributed by atoms with Crippen LogP contribution in [0.4, 0.5) is 5.82 Å². The van der Waals surface area contributed by atoms with Gasteiger partial charge < -0.3 is 5.32 Å². The first-order chi connectivity index (χ1) is 11.0. The first kappa shape index (κ1) is 15.2. The van der Waals surface area contributed by atoms with Crippen molar-refractivity contribution in [1.82, 2.24) is 9.78 Å². The maximum Gasteiger partial charge on any atom is 0.168 e. The second-order valence-electron chi connectivity index (χ2n) is 8.55. The van der Waals surface area contributed by atoms with Crippen LogP contribution in [-0.2, 0) is 5.54 Å². The van der Waals surface area contributed by atoms with Crippen molar-refractivity contribution >= 4 is 11.6 Å². The highest BCUT2D eigenvalue weighted by molar-refractivity contribution is 6.00. The van der Waals surface area contributed by atoms with Gasteiger partial charge in [0.1, 0.15) is 5.82 Å². The molecule has 1 aromatic heterocycles. The lowest BCUT2D eigenvalue weighted by molar-refractivity contribution is 0.0976. The van der Waals surface area contributed by atoms with Gasteiger partial charge >= 0.3 is 0 Å². The van der Waals surface area contributed by atoms with Gasteiger partial charge in [-0.3, -0.25) is 4.79 Å². The molecular weight excluding hydrogens is 286 g/mol. The summed E-state index contributed by atoms with van der Waals surface area (Å²) in [6.45, 7) is 4.52. The molecule has 1 atom stereocenters. The van der Waals surface area contributed by atoms with Gasteiger partial charge in [0.05, 0.1) is 17.3 Å². The molecule has 4 heteroatoms. The van der Waals surface area contributed by atoms with Crippen molar-refractivity contribution in [3.8, 4) is 0 Å². The van der Waals surface area contributed by atoms with Crippen LogP contribution in [-0.4, -0.2) is 21.6 Å². The Labute approximate surface area is 139 Å². The molecule has 1 N–H and O–H groups in total. The van der Waals surface area contributed by atoms with E-state index >= 15 is 0 Å². The maximum atomic E-state index is 12.6. The van der Waals surface area contributed by atoms with Gasteiger partial charge in [0.2, 0.25) is 0 Å². The second kappa shape index (κ2) is 5.64. The lowest BCUT2D eigenvalue weighted by Gasteiger charge is -2.42. The number of nitrogens with one attached hydrogen (secondary N) is 1. The van der Waals surface area contributed by atoms with Crippen molar-refractivity contribution < 1.29 is 4.79 Å². The first-order valence-corrected chi connectivity index (χ1v) is 9.43. The number of carbonyl (C=O) groups is 1. The van der Waals surface area contributed by atoms with E-state index in [1.165, 1.54) is 44.9 Å². The molecule has 0 amide bonds. The maximum absolute atomic E-state index is 12.6. The zero-order valence-corrected chi connectivity index (χ0v) is 14.5. The Kier molecular flexibility index (Phi) is 3.73. The van der Waals surface area contributed by atoms with Crippen LogP contribution < -0.4 is 5.32 Å². The van der Waals surface area contributed by atoms with E-state index in [2.05, 4.69) is 28.9 Å². The summed E-state index contributed by atoms with van der Waals surface area (Å²) in [6, 6.07) is 0.488. The number of anilines is 1. The highest BCUT2D eigenvalue weighted by Gasteiger charge is 2.39. The van der Waals surface area contributed by atoms with Crippen molar-refractivity contribution in [3.63, 3.8) is 0 Å². The molecule has 1 unspecified atom stereocenters. The molecule has 126 valence electrons. The zero-order chi connectivity index (χ0) is 16.0. The fraction of sp³-hybridized carbons (Fsp3) is 0.789. The van der Waals surface area contributed by atoms with E-state index in [0.29, 0.717) is 18.4 Å². The molecule has 2 saturated carbocycles. The minimum Gasteiger partial charge on any atom is -0.367 e. The Morgan fingerprint density at radius 1 is 1.26 bits per heavy atom. The first-order valence-electron chi connectivity index (χ1n) is 9.43. The molecule has 3 aliphatic rings. The Bertz CT molecular complexity index is 594. The van der Waals surface area contributed by atoms with E-state index in [9.17, 15) is 4.79 Å². The largest absolute Gasteiger partial charge is 0.367 e. The van der Waals surface area contributed by atoms with Crippen molar-refractivity contribution in [2.45, 2.75) is 83.2 Å². The lowest BCUT2D eigenvalue weighted by Crippen LogP contribution is -2.45. The molecule has 0 saturated heterocycles. The fourth-order valence-corrected chi connectivity index (χ4v) is 4.52. The third-order valence-electron chi connectivity index (χ3n) is 6.07. The standard InChI is InChI=1S/C19H29N3O/c1-19(2)11-16(14-6-4-3-5-7-14)21-18-15(12-20-22(18)19)17(23)10-13-8-9-13/h12-14,16,21H,3-11H2,1-2H3. The van der Waals surface area contributed by atoms with Crippen LogP contribution in [0.25, 0.3) is 0 Å². The fourth-order valence-electron chi connectivity index (χ4n) is 4.52. The number of rotatable bonds is 4. The van der Waals surface area contributed by atoms with Gasteiger partial charge in [0.25, 0.3) is 0 Å². The molecular formula is C19H29N3O. The normalized spacial score (nSPS) is 27.3. The van der Waals surface area contributed by atoms with Gasteiger partial charge in [-0.2, -0.15) is 5.10 Å². The highest BCUT2D eigenvalue weighted by atomic mass is 16.1. The molecule has 0 spiro atoms. The van der Waals surface area contributed by atoms with Crippen molar-refractivity contribution in [2.24, 2.45) is 11.8 Å². The summed E-state index contributed by atoms with van der Waals surface area (Å²) in [4.78, 5) is 12.6. The van der Waals surface area contributed by atoms with E-state index in [4.69, 9.17) is 0 Å². The van der Waals surface area contributed by atoms with Crippen molar-refractivity contribution in [2.75, 3.05) is 5.32 Å². The quantitative estimate of drug-likeness (QED) is 0.839. The van der Waals surface area contributed by atoms with E-state index in [1.807, 2.05) is 0 Å². The van der Waals surface area contributed by atoms with E-state index in [-0.39, 0.29) is 11.3 Å². The topological polar surface area (TPSA) is 46.9 Å². The third kappa shape index (κ3) is 2.92. The molecule has 2 aliphatic carbocycles. The molecule has 2 heterocycles. The molecule has 2 fully saturated rings. The molecule has 4 nitrogen and oxygen atoms in total. The minimum atomic E-state index is -0.0131. The van der Waals surface area contributed by atoms with E-state index < -0.39 is 0 Å². The van der Waals surface area contributed by atoms with Gasteiger partial charge in [0.15, 0.2) is 5.78 Å². The van der Waals surface area contributed by atoms with Gasteiger partial charge in [-0.1, -0.05) is 19.3 Å². The number of Topliss-reactive ketones (excluding diaryl/α,β-unsaturated/α-hetero) is 1. The van der Waals surface area contributed by atoms with Gasteiger partial charge in [-0.15, -0.1) is 0 Å². The van der Waals surface area contributed by atoms with Crippen LogP contribution >= 0.6 is 0 Å². The predicted octanol–water partition coefficient (Wildman–Crippen LogP) is 4.37. The van der Waals surface area contributed by atoms with Crippen LogP contribution in [0.3, 0.4) is 0 Å². The summed E-state index contributed by atoms with van der Waals surface area (Å²) in [7, 11) is 0. The van der Waals surface area contributed by atoms with Crippen LogP contribution in [0.5, 0.6) is 0 Å². The van der Waals surface area contributed by atoms with Crippen LogP contribution in [0.2, 0.25) is 0 Å². The predicted molar refractivity (Wildman–Crippen MR) is 91.8 cm³/mol. The monoisotopic (exact) mass is 315 g/mol. The second-order valence-corrected chi connectivity index (χ2v) is 8.55. The smallest absolute Gasteiger partial charge is 0.168 e. The summed E-state index contributed by atoms with van der Waals surface area (Å²) in [5.74, 6) is 2.64. The number of nitrogens with zero attached hydrogens (tertiary/aromatic N) is 2. The summed E-state index contributed by atoms with van der Waals surface area (Å²) in [5, 5.41) is 8.30. The molecule has 4 rings (SSSR count). The average Bonchev–Trinajstić information content (AvgIpc) is 3.23. The van der Waals surface area contributed by atoms with Gasteiger partial charge in [-0.05, 0) is 57.8 Å². The van der Waals surface area contributed by atoms with Crippen LogP contribution in [0, 0.1) is 11.8 Å². The Hall–Kier alpha value is -1.32. The lowest BCUT2D eigenvalue weighted by atomic mass is 9.78. The van der Waals surface area contributed by atoms with Crippen molar-refractivity contribution in [1.29, 1.82) is 0 Å². The molecule has 23 heavy (non-hydrogen) atoms. The van der Waals surface area contributed by atoms with Gasteiger partial charge in [-0.25, -0.2) is 4.68 Å². The zero-order valence-electron chi connectivity index (χ0n) is 14.5. The Morgan fingerprint density at radius 3 is 2.70 bits per heavy atom. The van der Waals surface area contributed by atoms with E-state index in [1.54, 1.807) is 6.20 Å². The van der Waals surface area contributed by atoms with Crippen molar-refractivity contribution in [3.05, 3.63) is 11.8 Å². The van der Waals surface area contributed by atoms with Gasteiger partial charge in [0, 0.05) is 12.5 Å². The highest BCUT2D eigenvalue weighted by Crippen LogP contribution is 2.41. The average molecular weight is 315 g/mol. The Balaban J connectivity index is 1.60. The summed E-state index contributed by atoms with van der Waals surface area (Å²) in [5.41, 5.74) is 0.811. The summed E-state index contributed by atoms with van der Waals surface area (Å²) >= 11 is 0. The molecule has 1 aliphatic heterocycles. The number of hydrogen-bond donors (Lipinski definition) is 1. The summed E-state index contributed by atoms with van der Waals surface area (Å²) in [6.07, 6.45) is 12.8. The number of hydrogen-bond acceptors (Lipinski definition) is 3. The third-order valence-corrected chi connectivity index (χ3v) is 6.07. The molecule has 0 aromatic carbocycles. The summed E-state index contributed by atoms with van der Waals surface area (Å²) < 4.78 is 2.06. The molecule has 1 aromatic rings. The molecule has 0 radical (unpaired) electrons. The molecule has 0 bridgehead atoms. The number of fused-ring (bicyclic) bond motifs is 1. The number of aromatic nitrogens is 2. The SMILES string of the molecule is CC1(C)CC(C2CCCCC2)Nc2c(C(=O)CC3CC3)cnn21. The minimum absolute atomic E-state index is 0.0131. The number of ketones is 1. The Morgan fingerprint density at radius 2 is 2.00 bits per heavy atom. The van der Waals surface area contributed by atoms with Crippen LogP contribution in [0.1, 0.15) is 82.0 Å². The van der Waals surface area contributed by atoms with E-state index in [0.717, 1.165) is 23.7 Å². The number of carbonyl (C=O) groups excluding carboxylic acids is 1. The van der Waals surface area contributed by atoms with Crippen LogP contribution in [0.15, 0.2) is 6.20 Å².